The molecule has 0 fully saturated rings. The summed E-state index contributed by atoms with van der Waals surface area (Å²) < 4.78 is 0.982. The zero-order valence-electron chi connectivity index (χ0n) is 10.2. The first kappa shape index (κ1) is 12.6. The lowest BCUT2D eigenvalue weighted by atomic mass is 10.1. The second-order valence-electron chi connectivity index (χ2n) is 4.03. The van der Waals surface area contributed by atoms with E-state index in [4.69, 9.17) is 5.26 Å². The number of nitrogens with one attached hydrogen (secondary N) is 1. The van der Waals surface area contributed by atoms with Crippen LogP contribution >= 0.6 is 15.9 Å². The van der Waals surface area contributed by atoms with Crippen molar-refractivity contribution in [2.75, 3.05) is 5.32 Å². The predicted octanol–water partition coefficient (Wildman–Crippen LogP) is 4.08. The third-order valence-electron chi connectivity index (χ3n) is 2.65. The standard InChI is InChI=1S/C14H12BrN3/c1-9-3-4-11(8-16)7-13(9)18-14-6-5-12(15)10(2)17-14/h3-7H,1-2H3,(H,17,18). The van der Waals surface area contributed by atoms with Gasteiger partial charge in [0.25, 0.3) is 0 Å². The zero-order chi connectivity index (χ0) is 13.1. The lowest BCUT2D eigenvalue weighted by molar-refractivity contribution is 1.18. The molecule has 0 aliphatic carbocycles. The highest BCUT2D eigenvalue weighted by molar-refractivity contribution is 9.10. The highest BCUT2D eigenvalue weighted by atomic mass is 79.9. The summed E-state index contributed by atoms with van der Waals surface area (Å²) in [5.41, 5.74) is 3.55. The maximum absolute atomic E-state index is 8.90. The van der Waals surface area contributed by atoms with Crippen molar-refractivity contribution in [3.63, 3.8) is 0 Å². The number of nitrogens with zero attached hydrogens (tertiary/aromatic N) is 2. The van der Waals surface area contributed by atoms with E-state index in [0.717, 1.165) is 27.2 Å². The van der Waals surface area contributed by atoms with E-state index in [1.54, 1.807) is 6.07 Å². The van der Waals surface area contributed by atoms with Gasteiger partial charge in [-0.3, -0.25) is 0 Å². The molecule has 1 aromatic heterocycles. The molecule has 2 aromatic rings. The summed E-state index contributed by atoms with van der Waals surface area (Å²) in [5, 5.41) is 12.1. The summed E-state index contributed by atoms with van der Waals surface area (Å²) >= 11 is 3.42. The topological polar surface area (TPSA) is 48.7 Å². The number of hydrogen-bond donors (Lipinski definition) is 1. The monoisotopic (exact) mass is 301 g/mol. The van der Waals surface area contributed by atoms with Gasteiger partial charge in [-0.25, -0.2) is 4.98 Å². The third-order valence-corrected chi connectivity index (χ3v) is 3.49. The summed E-state index contributed by atoms with van der Waals surface area (Å²) in [7, 11) is 0. The highest BCUT2D eigenvalue weighted by Gasteiger charge is 2.03. The van der Waals surface area contributed by atoms with E-state index in [1.165, 1.54) is 0 Å². The molecule has 0 saturated heterocycles. The van der Waals surface area contributed by atoms with E-state index in [1.807, 2.05) is 38.1 Å². The van der Waals surface area contributed by atoms with Crippen molar-refractivity contribution < 1.29 is 0 Å². The molecule has 0 amide bonds. The van der Waals surface area contributed by atoms with Crippen LogP contribution in [0.2, 0.25) is 0 Å². The number of pyridine rings is 1. The minimum atomic E-state index is 0.636. The molecular formula is C14H12BrN3. The molecular weight excluding hydrogens is 290 g/mol. The van der Waals surface area contributed by atoms with Gasteiger partial charge < -0.3 is 5.32 Å². The summed E-state index contributed by atoms with van der Waals surface area (Å²) in [4.78, 5) is 4.42. The minimum Gasteiger partial charge on any atom is -0.340 e. The summed E-state index contributed by atoms with van der Waals surface area (Å²) in [5.74, 6) is 0.772. The number of halogens is 1. The summed E-state index contributed by atoms with van der Waals surface area (Å²) in [6.45, 7) is 3.93. The molecule has 1 aromatic carbocycles. The van der Waals surface area contributed by atoms with Gasteiger partial charge in [0.05, 0.1) is 17.3 Å². The fourth-order valence-corrected chi connectivity index (χ4v) is 1.80. The van der Waals surface area contributed by atoms with Crippen LogP contribution in [0.1, 0.15) is 16.8 Å². The Bertz CT molecular complexity index is 629. The average molecular weight is 302 g/mol. The van der Waals surface area contributed by atoms with Gasteiger partial charge in [0.2, 0.25) is 0 Å². The molecule has 0 saturated carbocycles. The van der Waals surface area contributed by atoms with Crippen molar-refractivity contribution >= 4 is 27.4 Å². The fourth-order valence-electron chi connectivity index (χ4n) is 1.58. The van der Waals surface area contributed by atoms with E-state index >= 15 is 0 Å². The largest absolute Gasteiger partial charge is 0.340 e. The van der Waals surface area contributed by atoms with Crippen LogP contribution in [0.4, 0.5) is 11.5 Å². The van der Waals surface area contributed by atoms with Crippen molar-refractivity contribution in [2.24, 2.45) is 0 Å². The molecule has 0 bridgehead atoms. The average Bonchev–Trinajstić information content (AvgIpc) is 2.36. The summed E-state index contributed by atoms with van der Waals surface area (Å²) in [6, 6.07) is 11.5. The molecule has 18 heavy (non-hydrogen) atoms. The van der Waals surface area contributed by atoms with Crippen LogP contribution in [0.3, 0.4) is 0 Å². The number of hydrogen-bond acceptors (Lipinski definition) is 3. The van der Waals surface area contributed by atoms with E-state index in [0.29, 0.717) is 5.56 Å². The molecule has 0 spiro atoms. The highest BCUT2D eigenvalue weighted by Crippen LogP contribution is 2.22. The Balaban J connectivity index is 2.33. The Kier molecular flexibility index (Phi) is 3.63. The first-order valence-corrected chi connectivity index (χ1v) is 6.30. The van der Waals surface area contributed by atoms with Crippen LogP contribution in [0.25, 0.3) is 0 Å². The van der Waals surface area contributed by atoms with E-state index in [9.17, 15) is 0 Å². The minimum absolute atomic E-state index is 0.636. The molecule has 0 radical (unpaired) electrons. The Morgan fingerprint density at radius 2 is 2.00 bits per heavy atom. The fraction of sp³-hybridized carbons (Fsp3) is 0.143. The van der Waals surface area contributed by atoms with Gasteiger partial charge in [-0.2, -0.15) is 5.26 Å². The van der Waals surface area contributed by atoms with Gasteiger partial charge in [0, 0.05) is 10.2 Å². The van der Waals surface area contributed by atoms with Gasteiger partial charge in [0.15, 0.2) is 0 Å². The quantitative estimate of drug-likeness (QED) is 0.909. The van der Waals surface area contributed by atoms with Gasteiger partial charge in [0.1, 0.15) is 5.82 Å². The smallest absolute Gasteiger partial charge is 0.130 e. The van der Waals surface area contributed by atoms with Crippen LogP contribution in [0.5, 0.6) is 0 Å². The van der Waals surface area contributed by atoms with Gasteiger partial charge in [-0.05, 0) is 59.6 Å². The van der Waals surface area contributed by atoms with Crippen molar-refractivity contribution in [2.45, 2.75) is 13.8 Å². The summed E-state index contributed by atoms with van der Waals surface area (Å²) in [6.07, 6.45) is 0. The Labute approximate surface area is 115 Å². The normalized spacial score (nSPS) is 9.89. The molecule has 3 nitrogen and oxygen atoms in total. The lowest BCUT2D eigenvalue weighted by Crippen LogP contribution is -1.97. The molecule has 1 N–H and O–H groups in total. The maximum Gasteiger partial charge on any atom is 0.130 e. The molecule has 4 heteroatoms. The SMILES string of the molecule is Cc1ccc(C#N)cc1Nc1ccc(Br)c(C)n1. The van der Waals surface area contributed by atoms with Crippen molar-refractivity contribution in [3.8, 4) is 6.07 Å². The second-order valence-corrected chi connectivity index (χ2v) is 4.88. The first-order valence-electron chi connectivity index (χ1n) is 5.51. The van der Waals surface area contributed by atoms with E-state index < -0.39 is 0 Å². The van der Waals surface area contributed by atoms with E-state index in [-0.39, 0.29) is 0 Å². The number of aryl methyl sites for hydroxylation is 2. The van der Waals surface area contributed by atoms with Gasteiger partial charge in [-0.15, -0.1) is 0 Å². The number of aromatic nitrogens is 1. The Hall–Kier alpha value is -1.86. The number of rotatable bonds is 2. The van der Waals surface area contributed by atoms with E-state index in [2.05, 4.69) is 32.3 Å². The number of nitriles is 1. The molecule has 0 atom stereocenters. The maximum atomic E-state index is 8.90. The van der Waals surface area contributed by atoms with Gasteiger partial charge in [-0.1, -0.05) is 6.07 Å². The first-order chi connectivity index (χ1) is 8.60. The van der Waals surface area contributed by atoms with Crippen LogP contribution in [0, 0.1) is 25.2 Å². The molecule has 0 unspecified atom stereocenters. The molecule has 2 rings (SSSR count). The van der Waals surface area contributed by atoms with Crippen LogP contribution in [-0.4, -0.2) is 4.98 Å². The second kappa shape index (κ2) is 5.19. The van der Waals surface area contributed by atoms with Gasteiger partial charge >= 0.3 is 0 Å². The van der Waals surface area contributed by atoms with Crippen LogP contribution in [0.15, 0.2) is 34.8 Å². The molecule has 0 aliphatic rings. The van der Waals surface area contributed by atoms with Crippen LogP contribution < -0.4 is 5.32 Å². The zero-order valence-corrected chi connectivity index (χ0v) is 11.7. The molecule has 0 aliphatic heterocycles. The van der Waals surface area contributed by atoms with Crippen molar-refractivity contribution in [3.05, 3.63) is 51.6 Å². The van der Waals surface area contributed by atoms with Crippen molar-refractivity contribution in [1.29, 1.82) is 5.26 Å². The Morgan fingerprint density at radius 1 is 1.22 bits per heavy atom. The molecule has 1 heterocycles. The lowest BCUT2D eigenvalue weighted by Gasteiger charge is -2.10. The molecule has 90 valence electrons. The number of anilines is 2. The number of benzene rings is 1. The van der Waals surface area contributed by atoms with Crippen LogP contribution in [-0.2, 0) is 0 Å². The van der Waals surface area contributed by atoms with Crippen molar-refractivity contribution in [1.82, 2.24) is 4.98 Å². The Morgan fingerprint density at radius 3 is 2.67 bits per heavy atom. The third kappa shape index (κ3) is 2.69. The predicted molar refractivity (Wildman–Crippen MR) is 75.9 cm³/mol.